The number of halogens is 1. The van der Waals surface area contributed by atoms with E-state index in [1.807, 2.05) is 24.3 Å². The molecule has 0 saturated heterocycles. The number of aromatic nitrogens is 1. The van der Waals surface area contributed by atoms with Crippen molar-refractivity contribution in [3.8, 4) is 45.1 Å². The van der Waals surface area contributed by atoms with Crippen LogP contribution in [0, 0.1) is 5.82 Å². The van der Waals surface area contributed by atoms with Crippen LogP contribution in [0.25, 0.3) is 33.6 Å². The minimum atomic E-state index is -0.298. The summed E-state index contributed by atoms with van der Waals surface area (Å²) in [6, 6.07) is 20.7. The Morgan fingerprint density at radius 1 is 0.750 bits per heavy atom. The Balaban J connectivity index is 1.79. The van der Waals surface area contributed by atoms with E-state index in [0.29, 0.717) is 12.1 Å². The molecule has 1 aliphatic rings. The van der Waals surface area contributed by atoms with Gasteiger partial charge in [0.1, 0.15) is 17.3 Å². The van der Waals surface area contributed by atoms with Gasteiger partial charge in [-0.25, -0.2) is 9.37 Å². The largest absolute Gasteiger partial charge is 0.508 e. The minimum absolute atomic E-state index is 0.185. The van der Waals surface area contributed by atoms with Crippen LogP contribution in [0.3, 0.4) is 0 Å². The van der Waals surface area contributed by atoms with Crippen LogP contribution >= 0.6 is 0 Å². The van der Waals surface area contributed by atoms with Crippen molar-refractivity contribution in [1.82, 2.24) is 4.98 Å². The lowest BCUT2D eigenvalue weighted by molar-refractivity contribution is 0.470. The lowest BCUT2D eigenvalue weighted by atomic mass is 9.96. The first kappa shape index (κ1) is 16.5. The van der Waals surface area contributed by atoms with Gasteiger partial charge >= 0.3 is 0 Å². The maximum Gasteiger partial charge on any atom is 0.123 e. The smallest absolute Gasteiger partial charge is 0.123 e. The minimum Gasteiger partial charge on any atom is -0.508 e. The van der Waals surface area contributed by atoms with E-state index in [1.54, 1.807) is 36.4 Å². The van der Waals surface area contributed by atoms with Gasteiger partial charge in [0.15, 0.2) is 0 Å². The maximum atomic E-state index is 13.4. The first-order chi connectivity index (χ1) is 13.6. The van der Waals surface area contributed by atoms with Crippen LogP contribution in [0.1, 0.15) is 11.1 Å². The van der Waals surface area contributed by atoms with E-state index in [-0.39, 0.29) is 17.3 Å². The van der Waals surface area contributed by atoms with Crippen molar-refractivity contribution in [3.63, 3.8) is 0 Å². The van der Waals surface area contributed by atoms with Gasteiger partial charge in [0.2, 0.25) is 0 Å². The third kappa shape index (κ3) is 2.62. The number of rotatable bonds is 2. The summed E-state index contributed by atoms with van der Waals surface area (Å²) >= 11 is 0. The number of hydrogen-bond donors (Lipinski definition) is 2. The first-order valence-corrected chi connectivity index (χ1v) is 9.00. The zero-order valence-corrected chi connectivity index (χ0v) is 14.9. The van der Waals surface area contributed by atoms with E-state index in [0.717, 1.165) is 39.1 Å². The summed E-state index contributed by atoms with van der Waals surface area (Å²) in [6.07, 6.45) is 0.568. The standard InChI is InChI=1S/C24H16FNO2/c25-16-9-7-14(8-10-16)22-13-19(15-3-1-4-17(27)11-15)21-12-20-18(24(21)26-22)5-2-6-23(20)28/h1-11,13,27-28H,12H2. The number of benzene rings is 3. The average Bonchev–Trinajstić information content (AvgIpc) is 3.08. The molecule has 1 heterocycles. The molecule has 0 bridgehead atoms. The molecule has 0 radical (unpaired) electrons. The number of fused-ring (bicyclic) bond motifs is 3. The summed E-state index contributed by atoms with van der Waals surface area (Å²) < 4.78 is 13.4. The predicted molar refractivity (Wildman–Crippen MR) is 107 cm³/mol. The second-order valence-corrected chi connectivity index (χ2v) is 6.92. The molecule has 3 nitrogen and oxygen atoms in total. The van der Waals surface area contributed by atoms with Crippen LogP contribution in [0.5, 0.6) is 11.5 Å². The molecule has 4 aromatic rings. The van der Waals surface area contributed by atoms with Gasteiger partial charge in [-0.15, -0.1) is 0 Å². The van der Waals surface area contributed by atoms with Crippen molar-refractivity contribution >= 4 is 0 Å². The quantitative estimate of drug-likeness (QED) is 0.430. The summed E-state index contributed by atoms with van der Waals surface area (Å²) in [7, 11) is 0. The van der Waals surface area contributed by atoms with Crippen LogP contribution in [0.15, 0.2) is 72.8 Å². The SMILES string of the molecule is Oc1cccc(-c2cc(-c3ccc(F)cc3)nc3c2Cc2c(O)cccc2-3)c1. The number of phenolic OH excluding ortho intramolecular Hbond substituents is 2. The Kier molecular flexibility index (Phi) is 3.66. The van der Waals surface area contributed by atoms with Crippen LogP contribution in [-0.2, 0) is 6.42 Å². The highest BCUT2D eigenvalue weighted by Crippen LogP contribution is 2.45. The average molecular weight is 369 g/mol. The number of pyridine rings is 1. The molecule has 3 aromatic carbocycles. The third-order valence-electron chi connectivity index (χ3n) is 5.18. The molecule has 0 unspecified atom stereocenters. The number of hydrogen-bond acceptors (Lipinski definition) is 3. The van der Waals surface area contributed by atoms with Crippen molar-refractivity contribution in [2.24, 2.45) is 0 Å². The summed E-state index contributed by atoms with van der Waals surface area (Å²) in [5.74, 6) is 0.138. The fourth-order valence-electron chi connectivity index (χ4n) is 3.83. The molecule has 0 amide bonds. The van der Waals surface area contributed by atoms with E-state index in [1.165, 1.54) is 12.1 Å². The van der Waals surface area contributed by atoms with E-state index in [9.17, 15) is 14.6 Å². The van der Waals surface area contributed by atoms with Gasteiger partial charge < -0.3 is 10.2 Å². The van der Waals surface area contributed by atoms with E-state index in [2.05, 4.69) is 0 Å². The molecular weight excluding hydrogens is 353 g/mol. The van der Waals surface area contributed by atoms with Gasteiger partial charge in [-0.1, -0.05) is 24.3 Å². The molecule has 5 rings (SSSR count). The number of nitrogens with zero attached hydrogens (tertiary/aromatic N) is 1. The van der Waals surface area contributed by atoms with Crippen LogP contribution in [0.4, 0.5) is 4.39 Å². The Hall–Kier alpha value is -3.66. The van der Waals surface area contributed by atoms with Gasteiger partial charge in [-0.2, -0.15) is 0 Å². The molecule has 0 fully saturated rings. The van der Waals surface area contributed by atoms with Gasteiger partial charge in [0, 0.05) is 23.1 Å². The molecule has 0 aliphatic heterocycles. The zero-order chi connectivity index (χ0) is 19.3. The summed E-state index contributed by atoms with van der Waals surface area (Å²) in [4.78, 5) is 4.85. The second kappa shape index (κ2) is 6.20. The molecule has 0 atom stereocenters. The second-order valence-electron chi connectivity index (χ2n) is 6.92. The monoisotopic (exact) mass is 369 g/mol. The van der Waals surface area contributed by atoms with Crippen molar-refractivity contribution in [2.75, 3.05) is 0 Å². The van der Waals surface area contributed by atoms with E-state index in [4.69, 9.17) is 4.98 Å². The highest BCUT2D eigenvalue weighted by molar-refractivity contribution is 5.86. The lowest BCUT2D eigenvalue weighted by Crippen LogP contribution is -1.94. The Morgan fingerprint density at radius 2 is 1.54 bits per heavy atom. The fourth-order valence-corrected chi connectivity index (χ4v) is 3.83. The normalized spacial score (nSPS) is 11.9. The Labute approximate surface area is 161 Å². The molecule has 1 aromatic heterocycles. The van der Waals surface area contributed by atoms with Crippen molar-refractivity contribution in [3.05, 3.63) is 89.7 Å². The molecular formula is C24H16FNO2. The highest BCUT2D eigenvalue weighted by Gasteiger charge is 2.26. The van der Waals surface area contributed by atoms with Gasteiger partial charge in [-0.05, 0) is 65.2 Å². The first-order valence-electron chi connectivity index (χ1n) is 9.00. The van der Waals surface area contributed by atoms with Crippen molar-refractivity contribution in [1.29, 1.82) is 0 Å². The van der Waals surface area contributed by atoms with E-state index < -0.39 is 0 Å². The van der Waals surface area contributed by atoms with E-state index >= 15 is 0 Å². The van der Waals surface area contributed by atoms with Crippen LogP contribution in [-0.4, -0.2) is 15.2 Å². The van der Waals surface area contributed by atoms with Crippen LogP contribution in [0.2, 0.25) is 0 Å². The Morgan fingerprint density at radius 3 is 2.32 bits per heavy atom. The maximum absolute atomic E-state index is 13.4. The molecule has 28 heavy (non-hydrogen) atoms. The zero-order valence-electron chi connectivity index (χ0n) is 14.9. The summed E-state index contributed by atoms with van der Waals surface area (Å²) in [6.45, 7) is 0. The highest BCUT2D eigenvalue weighted by atomic mass is 19.1. The van der Waals surface area contributed by atoms with Gasteiger partial charge in [0.05, 0.1) is 11.4 Å². The van der Waals surface area contributed by atoms with Gasteiger partial charge in [-0.3, -0.25) is 0 Å². The molecule has 4 heteroatoms. The van der Waals surface area contributed by atoms with Crippen LogP contribution < -0.4 is 0 Å². The van der Waals surface area contributed by atoms with Gasteiger partial charge in [0.25, 0.3) is 0 Å². The lowest BCUT2D eigenvalue weighted by Gasteiger charge is -2.12. The third-order valence-corrected chi connectivity index (χ3v) is 5.18. The predicted octanol–water partition coefficient (Wildman–Crippen LogP) is 5.54. The van der Waals surface area contributed by atoms with Crippen molar-refractivity contribution in [2.45, 2.75) is 6.42 Å². The summed E-state index contributed by atoms with van der Waals surface area (Å²) in [5.41, 5.74) is 6.90. The molecule has 1 aliphatic carbocycles. The molecule has 0 spiro atoms. The summed E-state index contributed by atoms with van der Waals surface area (Å²) in [5, 5.41) is 20.3. The Bertz CT molecular complexity index is 1220. The molecule has 0 saturated carbocycles. The molecule has 2 N–H and O–H groups in total. The molecule has 136 valence electrons. The van der Waals surface area contributed by atoms with Crippen molar-refractivity contribution < 1.29 is 14.6 Å². The number of phenols is 2. The number of aromatic hydroxyl groups is 2. The topological polar surface area (TPSA) is 53.4 Å². The fraction of sp³-hybridized carbons (Fsp3) is 0.0417.